The Hall–Kier alpha value is -1.00. The number of thiazole rings is 1. The summed E-state index contributed by atoms with van der Waals surface area (Å²) >= 11 is 2.93. The predicted octanol–water partition coefficient (Wildman–Crippen LogP) is 2.74. The van der Waals surface area contributed by atoms with Crippen molar-refractivity contribution in [1.29, 1.82) is 0 Å². The molecule has 0 spiro atoms. The number of carbonyl (C=O) groups is 1. The molecule has 0 N–H and O–H groups in total. The van der Waals surface area contributed by atoms with E-state index in [1.54, 1.807) is 0 Å². The lowest BCUT2D eigenvalue weighted by atomic mass is 10.2. The van der Waals surface area contributed by atoms with Gasteiger partial charge in [-0.2, -0.15) is 11.3 Å². The van der Waals surface area contributed by atoms with Gasteiger partial charge in [0.1, 0.15) is 0 Å². The summed E-state index contributed by atoms with van der Waals surface area (Å²) in [5, 5.41) is 6.21. The van der Waals surface area contributed by atoms with Crippen molar-refractivity contribution in [1.82, 2.24) is 4.98 Å². The molecule has 0 saturated carbocycles. The second-order valence-corrected chi connectivity index (χ2v) is 4.27. The number of thiophene rings is 1. The Balaban J connectivity index is 2.33. The molecule has 0 aliphatic heterocycles. The zero-order valence-electron chi connectivity index (χ0n) is 6.98. The fourth-order valence-electron chi connectivity index (χ4n) is 0.975. The fraction of sp³-hybridized carbons (Fsp3) is 0.111. The Bertz CT molecular complexity index is 417. The van der Waals surface area contributed by atoms with Gasteiger partial charge in [0.2, 0.25) is 5.78 Å². The summed E-state index contributed by atoms with van der Waals surface area (Å²) in [5.74, 6) is 0.0272. The highest BCUT2D eigenvalue weighted by molar-refractivity contribution is 7.12. The lowest BCUT2D eigenvalue weighted by Crippen LogP contribution is -1.98. The van der Waals surface area contributed by atoms with E-state index in [0.717, 1.165) is 11.3 Å². The summed E-state index contributed by atoms with van der Waals surface area (Å²) in [6.45, 7) is 1.89. The van der Waals surface area contributed by atoms with Crippen molar-refractivity contribution in [3.05, 3.63) is 38.5 Å². The van der Waals surface area contributed by atoms with Gasteiger partial charge in [-0.05, 0) is 18.4 Å². The molecule has 0 atom stereocenters. The quantitative estimate of drug-likeness (QED) is 0.712. The van der Waals surface area contributed by atoms with Crippen LogP contribution in [-0.4, -0.2) is 10.8 Å². The highest BCUT2D eigenvalue weighted by Crippen LogP contribution is 2.16. The van der Waals surface area contributed by atoms with Crippen LogP contribution >= 0.6 is 22.7 Å². The van der Waals surface area contributed by atoms with Crippen LogP contribution in [0.1, 0.15) is 21.1 Å². The maximum absolute atomic E-state index is 11.7. The molecule has 0 unspecified atom stereocenters. The number of carbonyl (C=O) groups excluding carboxylic acids is 1. The van der Waals surface area contributed by atoms with Crippen LogP contribution in [-0.2, 0) is 0 Å². The minimum Gasteiger partial charge on any atom is -0.286 e. The van der Waals surface area contributed by atoms with Gasteiger partial charge in [-0.3, -0.25) is 4.79 Å². The van der Waals surface area contributed by atoms with Crippen LogP contribution < -0.4 is 0 Å². The molecule has 4 heteroatoms. The molecular formula is C9H7NOS2. The number of ketones is 1. The third-order valence-electron chi connectivity index (χ3n) is 1.60. The van der Waals surface area contributed by atoms with Crippen molar-refractivity contribution < 1.29 is 4.79 Å². The summed E-state index contributed by atoms with van der Waals surface area (Å²) in [4.78, 5) is 15.8. The van der Waals surface area contributed by atoms with Crippen molar-refractivity contribution in [3.63, 3.8) is 0 Å². The van der Waals surface area contributed by atoms with Crippen molar-refractivity contribution in [2.75, 3.05) is 0 Å². The summed E-state index contributed by atoms with van der Waals surface area (Å²) in [6, 6.07) is 1.82. The third-order valence-corrected chi connectivity index (χ3v) is 3.24. The van der Waals surface area contributed by atoms with Gasteiger partial charge in [0, 0.05) is 22.0 Å². The van der Waals surface area contributed by atoms with Gasteiger partial charge in [0.25, 0.3) is 0 Å². The summed E-state index contributed by atoms with van der Waals surface area (Å²) in [6.07, 6.45) is 0. The van der Waals surface area contributed by atoms with E-state index in [1.165, 1.54) is 22.7 Å². The second-order valence-electron chi connectivity index (χ2n) is 2.64. The minimum absolute atomic E-state index is 0.0272. The smallest absolute Gasteiger partial charge is 0.222 e. The molecule has 2 rings (SSSR count). The lowest BCUT2D eigenvalue weighted by molar-refractivity contribution is 0.103. The molecule has 2 aromatic rings. The topological polar surface area (TPSA) is 30.0 Å². The molecule has 0 fully saturated rings. The van der Waals surface area contributed by atoms with E-state index in [-0.39, 0.29) is 5.78 Å². The van der Waals surface area contributed by atoms with Crippen LogP contribution in [0.2, 0.25) is 0 Å². The minimum atomic E-state index is 0.0272. The highest BCUT2D eigenvalue weighted by Gasteiger charge is 2.12. The first-order valence-corrected chi connectivity index (χ1v) is 5.58. The molecule has 0 aromatic carbocycles. The number of rotatable bonds is 2. The first kappa shape index (κ1) is 8.59. The largest absolute Gasteiger partial charge is 0.286 e. The van der Waals surface area contributed by atoms with Gasteiger partial charge >= 0.3 is 0 Å². The number of hydrogen-bond donors (Lipinski definition) is 0. The SMILES string of the molecule is Cc1csc(C(=O)c2ccsc2)n1. The van der Waals surface area contributed by atoms with E-state index >= 15 is 0 Å². The van der Waals surface area contributed by atoms with Crippen LogP contribution in [0.4, 0.5) is 0 Å². The van der Waals surface area contributed by atoms with Crippen molar-refractivity contribution in [2.45, 2.75) is 6.92 Å². The highest BCUT2D eigenvalue weighted by atomic mass is 32.1. The number of aryl methyl sites for hydroxylation is 1. The van der Waals surface area contributed by atoms with Gasteiger partial charge < -0.3 is 0 Å². The molecule has 0 amide bonds. The summed E-state index contributed by atoms with van der Waals surface area (Å²) in [7, 11) is 0. The molecule has 0 radical (unpaired) electrons. The number of aromatic nitrogens is 1. The van der Waals surface area contributed by atoms with Gasteiger partial charge in [0.15, 0.2) is 5.01 Å². The van der Waals surface area contributed by atoms with E-state index in [2.05, 4.69) is 4.98 Å². The first-order valence-electron chi connectivity index (χ1n) is 3.76. The lowest BCUT2D eigenvalue weighted by Gasteiger charge is -1.89. The van der Waals surface area contributed by atoms with E-state index in [1.807, 2.05) is 29.1 Å². The molecular weight excluding hydrogens is 202 g/mol. The maximum atomic E-state index is 11.7. The second kappa shape index (κ2) is 3.40. The average molecular weight is 209 g/mol. The summed E-state index contributed by atoms with van der Waals surface area (Å²) in [5.41, 5.74) is 1.64. The normalized spacial score (nSPS) is 10.2. The van der Waals surface area contributed by atoms with Crippen molar-refractivity contribution in [3.8, 4) is 0 Å². The number of hydrogen-bond acceptors (Lipinski definition) is 4. The van der Waals surface area contributed by atoms with Gasteiger partial charge in [-0.25, -0.2) is 4.98 Å². The van der Waals surface area contributed by atoms with Crippen LogP contribution in [0.3, 0.4) is 0 Å². The first-order chi connectivity index (χ1) is 6.27. The zero-order valence-corrected chi connectivity index (χ0v) is 8.61. The average Bonchev–Trinajstić information content (AvgIpc) is 2.72. The molecule has 0 bridgehead atoms. The Labute approximate surface area is 83.9 Å². The Morgan fingerprint density at radius 3 is 2.85 bits per heavy atom. The molecule has 0 aliphatic rings. The monoisotopic (exact) mass is 209 g/mol. The molecule has 0 saturated heterocycles. The third kappa shape index (κ3) is 1.68. The van der Waals surface area contributed by atoms with Gasteiger partial charge in [-0.15, -0.1) is 11.3 Å². The van der Waals surface area contributed by atoms with Crippen LogP contribution in [0, 0.1) is 6.92 Å². The molecule has 2 heterocycles. The summed E-state index contributed by atoms with van der Waals surface area (Å²) < 4.78 is 0. The predicted molar refractivity (Wildman–Crippen MR) is 54.6 cm³/mol. The van der Waals surface area contributed by atoms with Gasteiger partial charge in [-0.1, -0.05) is 0 Å². The van der Waals surface area contributed by atoms with Crippen molar-refractivity contribution in [2.24, 2.45) is 0 Å². The molecule has 66 valence electrons. The molecule has 2 aromatic heterocycles. The Morgan fingerprint density at radius 2 is 2.31 bits per heavy atom. The van der Waals surface area contributed by atoms with Crippen molar-refractivity contribution >= 4 is 28.5 Å². The van der Waals surface area contributed by atoms with Crippen LogP contribution in [0.15, 0.2) is 22.2 Å². The number of nitrogens with zero attached hydrogens (tertiary/aromatic N) is 1. The maximum Gasteiger partial charge on any atom is 0.222 e. The van der Waals surface area contributed by atoms with Crippen LogP contribution in [0.25, 0.3) is 0 Å². The van der Waals surface area contributed by atoms with E-state index < -0.39 is 0 Å². The molecule has 2 nitrogen and oxygen atoms in total. The zero-order chi connectivity index (χ0) is 9.26. The van der Waals surface area contributed by atoms with E-state index in [0.29, 0.717) is 5.01 Å². The molecule has 0 aliphatic carbocycles. The Morgan fingerprint density at radius 1 is 1.46 bits per heavy atom. The van der Waals surface area contributed by atoms with E-state index in [4.69, 9.17) is 0 Å². The van der Waals surface area contributed by atoms with Gasteiger partial charge in [0.05, 0.1) is 0 Å². The Kier molecular flexibility index (Phi) is 2.24. The van der Waals surface area contributed by atoms with Crippen LogP contribution in [0.5, 0.6) is 0 Å². The fourth-order valence-corrected chi connectivity index (χ4v) is 2.37. The standard InChI is InChI=1S/C9H7NOS2/c1-6-4-13-9(10-6)8(11)7-2-3-12-5-7/h2-5H,1H3. The molecule has 13 heavy (non-hydrogen) atoms. The van der Waals surface area contributed by atoms with E-state index in [9.17, 15) is 4.79 Å².